The molecule has 1 aliphatic heterocycles. The minimum Gasteiger partial charge on any atom is -0.340 e. The first-order valence-electron chi connectivity index (χ1n) is 9.89. The van der Waals surface area contributed by atoms with Gasteiger partial charge in [-0.15, -0.1) is 0 Å². The molecule has 2 fully saturated rings. The molecule has 0 aromatic heterocycles. The molecule has 0 unspecified atom stereocenters. The molecule has 0 radical (unpaired) electrons. The molecule has 29 heavy (non-hydrogen) atoms. The maximum absolute atomic E-state index is 13.0. The summed E-state index contributed by atoms with van der Waals surface area (Å²) in [6, 6.07) is 12.9. The van der Waals surface area contributed by atoms with E-state index in [1.807, 2.05) is 44.2 Å². The van der Waals surface area contributed by atoms with E-state index in [1.54, 1.807) is 17.0 Å². The molecule has 5 nitrogen and oxygen atoms in total. The highest BCUT2D eigenvalue weighted by atomic mass is 35.5. The number of benzene rings is 2. The molecule has 0 spiro atoms. The summed E-state index contributed by atoms with van der Waals surface area (Å²) in [7, 11) is -3.54. The molecule has 1 saturated carbocycles. The van der Waals surface area contributed by atoms with Gasteiger partial charge in [0.2, 0.25) is 15.9 Å². The number of halogens is 1. The van der Waals surface area contributed by atoms with Crippen molar-refractivity contribution in [3.05, 3.63) is 64.2 Å². The first kappa shape index (κ1) is 20.4. The Kier molecular flexibility index (Phi) is 5.44. The van der Waals surface area contributed by atoms with E-state index in [0.29, 0.717) is 36.1 Å². The number of hydrogen-bond acceptors (Lipinski definition) is 3. The second-order valence-electron chi connectivity index (χ2n) is 7.95. The first-order chi connectivity index (χ1) is 13.8. The van der Waals surface area contributed by atoms with Gasteiger partial charge in [0.1, 0.15) is 0 Å². The monoisotopic (exact) mass is 432 g/mol. The fourth-order valence-electron chi connectivity index (χ4n) is 3.99. The second kappa shape index (κ2) is 7.74. The number of carbonyl (C=O) groups excluding carboxylic acids is 1. The molecular formula is C22H25ClN2O3S. The van der Waals surface area contributed by atoms with Gasteiger partial charge >= 0.3 is 0 Å². The van der Waals surface area contributed by atoms with Gasteiger partial charge in [0.05, 0.1) is 4.90 Å². The smallest absolute Gasteiger partial charge is 0.243 e. The van der Waals surface area contributed by atoms with E-state index in [-0.39, 0.29) is 17.7 Å². The Bertz CT molecular complexity index is 1050. The van der Waals surface area contributed by atoms with E-state index in [4.69, 9.17) is 11.6 Å². The van der Waals surface area contributed by atoms with E-state index in [9.17, 15) is 13.2 Å². The highest BCUT2D eigenvalue weighted by molar-refractivity contribution is 7.89. The third-order valence-electron chi connectivity index (χ3n) is 6.08. The number of sulfonamides is 1. The van der Waals surface area contributed by atoms with Crippen molar-refractivity contribution in [1.29, 1.82) is 0 Å². The van der Waals surface area contributed by atoms with E-state index in [0.717, 1.165) is 23.1 Å². The number of carbonyl (C=O) groups is 1. The highest BCUT2D eigenvalue weighted by Gasteiger charge is 2.47. The molecular weight excluding hydrogens is 408 g/mol. The van der Waals surface area contributed by atoms with E-state index in [2.05, 4.69) is 0 Å². The summed E-state index contributed by atoms with van der Waals surface area (Å²) in [6.45, 7) is 5.37. The number of nitrogens with zero attached hydrogens (tertiary/aromatic N) is 2. The third kappa shape index (κ3) is 3.93. The number of rotatable bonds is 4. The zero-order valence-electron chi connectivity index (χ0n) is 16.6. The van der Waals surface area contributed by atoms with Gasteiger partial charge < -0.3 is 4.90 Å². The van der Waals surface area contributed by atoms with Gasteiger partial charge in [0.25, 0.3) is 0 Å². The molecule has 154 valence electrons. The number of amides is 1. The molecule has 2 atom stereocenters. The topological polar surface area (TPSA) is 57.7 Å². The Morgan fingerprint density at radius 2 is 1.69 bits per heavy atom. The van der Waals surface area contributed by atoms with Crippen molar-refractivity contribution >= 4 is 27.5 Å². The Balaban J connectivity index is 1.39. The van der Waals surface area contributed by atoms with Crippen molar-refractivity contribution in [1.82, 2.24) is 9.21 Å². The number of piperazine rings is 1. The zero-order chi connectivity index (χ0) is 20.8. The summed E-state index contributed by atoms with van der Waals surface area (Å²) in [5.41, 5.74) is 3.06. The first-order valence-corrected chi connectivity index (χ1v) is 11.7. The molecule has 2 aliphatic rings. The summed E-state index contributed by atoms with van der Waals surface area (Å²) >= 11 is 6.27. The lowest BCUT2D eigenvalue weighted by Crippen LogP contribution is -2.51. The minimum atomic E-state index is -3.54. The summed E-state index contributed by atoms with van der Waals surface area (Å²) < 4.78 is 27.4. The van der Waals surface area contributed by atoms with Gasteiger partial charge in [-0.1, -0.05) is 35.9 Å². The van der Waals surface area contributed by atoms with Crippen LogP contribution in [0.2, 0.25) is 5.02 Å². The Morgan fingerprint density at radius 3 is 2.34 bits per heavy atom. The van der Waals surface area contributed by atoms with E-state index in [1.165, 1.54) is 4.31 Å². The highest BCUT2D eigenvalue weighted by Crippen LogP contribution is 2.50. The van der Waals surface area contributed by atoms with Gasteiger partial charge in [-0.05, 0) is 61.1 Å². The van der Waals surface area contributed by atoms with Gasteiger partial charge in [-0.2, -0.15) is 4.31 Å². The lowest BCUT2D eigenvalue weighted by Gasteiger charge is -2.34. The molecule has 1 saturated heterocycles. The van der Waals surface area contributed by atoms with Crippen LogP contribution in [0.4, 0.5) is 0 Å². The van der Waals surface area contributed by atoms with E-state index >= 15 is 0 Å². The third-order valence-corrected chi connectivity index (χ3v) is 8.32. The maximum atomic E-state index is 13.0. The Morgan fingerprint density at radius 1 is 1.00 bits per heavy atom. The lowest BCUT2D eigenvalue weighted by molar-refractivity contribution is -0.133. The van der Waals surface area contributed by atoms with Gasteiger partial charge in [0.15, 0.2) is 0 Å². The van der Waals surface area contributed by atoms with Crippen LogP contribution in [0.1, 0.15) is 29.0 Å². The van der Waals surface area contributed by atoms with Crippen molar-refractivity contribution in [3.63, 3.8) is 0 Å². The molecule has 2 aromatic carbocycles. The summed E-state index contributed by atoms with van der Waals surface area (Å²) in [4.78, 5) is 15.0. The second-order valence-corrected chi connectivity index (χ2v) is 10.3. The van der Waals surface area contributed by atoms with Gasteiger partial charge in [0, 0.05) is 37.1 Å². The van der Waals surface area contributed by atoms with Crippen LogP contribution in [0, 0.1) is 19.8 Å². The lowest BCUT2D eigenvalue weighted by atomic mass is 10.1. The van der Waals surface area contributed by atoms with Gasteiger partial charge in [-0.25, -0.2) is 8.42 Å². The van der Waals surface area contributed by atoms with Crippen molar-refractivity contribution < 1.29 is 13.2 Å². The van der Waals surface area contributed by atoms with Crippen LogP contribution < -0.4 is 0 Å². The molecule has 1 aliphatic carbocycles. The predicted octanol–water partition coefficient (Wildman–Crippen LogP) is 3.59. The molecule has 7 heteroatoms. The SMILES string of the molecule is Cc1ccc(S(=O)(=O)N2CCN(C(=O)[C@H]3C[C@H]3c3ccccc3Cl)CC2)cc1C. The van der Waals surface area contributed by atoms with Crippen LogP contribution >= 0.6 is 11.6 Å². The van der Waals surface area contributed by atoms with E-state index < -0.39 is 10.0 Å². The molecule has 0 N–H and O–H groups in total. The van der Waals surface area contributed by atoms with Crippen LogP contribution in [0.5, 0.6) is 0 Å². The molecule has 1 heterocycles. The molecule has 0 bridgehead atoms. The quantitative estimate of drug-likeness (QED) is 0.741. The molecule has 2 aromatic rings. The largest absolute Gasteiger partial charge is 0.340 e. The minimum absolute atomic E-state index is 0.0437. The van der Waals surface area contributed by atoms with Gasteiger partial charge in [-0.3, -0.25) is 4.79 Å². The predicted molar refractivity (Wildman–Crippen MR) is 114 cm³/mol. The molecule has 1 amide bonds. The summed E-state index contributed by atoms with van der Waals surface area (Å²) in [6.07, 6.45) is 0.809. The summed E-state index contributed by atoms with van der Waals surface area (Å²) in [5.74, 6) is 0.240. The number of hydrogen-bond donors (Lipinski definition) is 0. The Hall–Kier alpha value is -1.89. The Labute approximate surface area is 177 Å². The molecule has 4 rings (SSSR count). The van der Waals surface area contributed by atoms with Crippen molar-refractivity contribution in [2.24, 2.45) is 5.92 Å². The average molecular weight is 433 g/mol. The van der Waals surface area contributed by atoms with Crippen LogP contribution in [-0.4, -0.2) is 49.7 Å². The van der Waals surface area contributed by atoms with Crippen molar-refractivity contribution in [3.8, 4) is 0 Å². The fraction of sp³-hybridized carbons (Fsp3) is 0.409. The van der Waals surface area contributed by atoms with Crippen LogP contribution in [0.25, 0.3) is 0 Å². The van der Waals surface area contributed by atoms with Crippen molar-refractivity contribution in [2.45, 2.75) is 31.1 Å². The normalized spacial score (nSPS) is 22.5. The summed E-state index contributed by atoms with van der Waals surface area (Å²) in [5, 5.41) is 0.706. The van der Waals surface area contributed by atoms with Crippen LogP contribution in [-0.2, 0) is 14.8 Å². The van der Waals surface area contributed by atoms with Crippen molar-refractivity contribution in [2.75, 3.05) is 26.2 Å². The standard InChI is InChI=1S/C22H25ClN2O3S/c1-15-7-8-17(13-16(15)2)29(27,28)25-11-9-24(10-12-25)22(26)20-14-19(20)18-5-3-4-6-21(18)23/h3-8,13,19-20H,9-12,14H2,1-2H3/t19-,20-/m0/s1. The van der Waals surface area contributed by atoms with Crippen LogP contribution in [0.15, 0.2) is 47.4 Å². The zero-order valence-corrected chi connectivity index (χ0v) is 18.2. The maximum Gasteiger partial charge on any atom is 0.243 e. The fourth-order valence-corrected chi connectivity index (χ4v) is 5.78. The van der Waals surface area contributed by atoms with Crippen LogP contribution in [0.3, 0.4) is 0 Å². The average Bonchev–Trinajstić information content (AvgIpc) is 3.50. The number of aryl methyl sites for hydroxylation is 2.